The fourth-order valence-electron chi connectivity index (χ4n) is 2.96. The van der Waals surface area contributed by atoms with Crippen molar-refractivity contribution in [3.63, 3.8) is 0 Å². The molecule has 2 amide bonds. The van der Waals surface area contributed by atoms with Gasteiger partial charge in [-0.25, -0.2) is 5.43 Å². The van der Waals surface area contributed by atoms with Gasteiger partial charge in [0.25, 0.3) is 5.91 Å². The van der Waals surface area contributed by atoms with Crippen molar-refractivity contribution in [2.75, 3.05) is 13.1 Å². The molecule has 0 spiro atoms. The summed E-state index contributed by atoms with van der Waals surface area (Å²) < 4.78 is 0.988. The van der Waals surface area contributed by atoms with E-state index < -0.39 is 0 Å². The van der Waals surface area contributed by atoms with Gasteiger partial charge in [-0.2, -0.15) is 5.10 Å². The standard InChI is InChI=1S/C20H19BrClN3O2/c21-16-7-5-14(6-8-16)13-23-24-19(26)15-9-11-25(12-10-15)20(27)17-3-1-2-4-18(17)22/h1-8,13,15H,9-12H2,(H,24,26)/b23-13-. The molecule has 2 aromatic rings. The summed E-state index contributed by atoms with van der Waals surface area (Å²) in [5, 5.41) is 4.47. The number of hydrazone groups is 1. The van der Waals surface area contributed by atoms with Crippen LogP contribution in [0.15, 0.2) is 58.1 Å². The second-order valence-electron chi connectivity index (χ2n) is 6.33. The number of amides is 2. The van der Waals surface area contributed by atoms with E-state index in [2.05, 4.69) is 26.5 Å². The lowest BCUT2D eigenvalue weighted by molar-refractivity contribution is -0.126. The van der Waals surface area contributed by atoms with Crippen LogP contribution >= 0.6 is 27.5 Å². The fraction of sp³-hybridized carbons (Fsp3) is 0.250. The van der Waals surface area contributed by atoms with Crippen molar-refractivity contribution in [1.29, 1.82) is 0 Å². The Kier molecular flexibility index (Phi) is 6.63. The summed E-state index contributed by atoms with van der Waals surface area (Å²) in [6.07, 6.45) is 2.83. The van der Waals surface area contributed by atoms with Crippen molar-refractivity contribution < 1.29 is 9.59 Å². The minimum absolute atomic E-state index is 0.0901. The monoisotopic (exact) mass is 447 g/mol. The first-order valence-corrected chi connectivity index (χ1v) is 9.84. The van der Waals surface area contributed by atoms with Gasteiger partial charge >= 0.3 is 0 Å². The van der Waals surface area contributed by atoms with E-state index in [1.807, 2.05) is 24.3 Å². The van der Waals surface area contributed by atoms with Crippen LogP contribution in [0.25, 0.3) is 0 Å². The average molecular weight is 449 g/mol. The summed E-state index contributed by atoms with van der Waals surface area (Å²) in [5.41, 5.74) is 4.00. The number of carbonyl (C=O) groups excluding carboxylic acids is 2. The molecule has 0 saturated carbocycles. The van der Waals surface area contributed by atoms with Gasteiger partial charge in [-0.1, -0.05) is 51.8 Å². The number of likely N-dealkylation sites (tertiary alicyclic amines) is 1. The zero-order valence-electron chi connectivity index (χ0n) is 14.6. The van der Waals surface area contributed by atoms with Crippen LogP contribution in [-0.4, -0.2) is 36.0 Å². The van der Waals surface area contributed by atoms with E-state index in [-0.39, 0.29) is 17.7 Å². The van der Waals surface area contributed by atoms with Gasteiger partial charge in [-0.05, 0) is 42.7 Å². The van der Waals surface area contributed by atoms with Crippen LogP contribution in [-0.2, 0) is 4.79 Å². The number of nitrogens with one attached hydrogen (secondary N) is 1. The van der Waals surface area contributed by atoms with Gasteiger partial charge in [0, 0.05) is 23.5 Å². The fourth-order valence-corrected chi connectivity index (χ4v) is 3.44. The van der Waals surface area contributed by atoms with Crippen molar-refractivity contribution in [2.24, 2.45) is 11.0 Å². The molecular formula is C20H19BrClN3O2. The van der Waals surface area contributed by atoms with Crippen molar-refractivity contribution in [1.82, 2.24) is 10.3 Å². The molecule has 0 aliphatic carbocycles. The first-order valence-electron chi connectivity index (χ1n) is 8.67. The Morgan fingerprint density at radius 3 is 2.44 bits per heavy atom. The third kappa shape index (κ3) is 5.17. The van der Waals surface area contributed by atoms with E-state index in [9.17, 15) is 9.59 Å². The zero-order chi connectivity index (χ0) is 19.2. The molecule has 0 aromatic heterocycles. The smallest absolute Gasteiger partial charge is 0.255 e. The number of hydrogen-bond acceptors (Lipinski definition) is 3. The van der Waals surface area contributed by atoms with Gasteiger partial charge in [0.15, 0.2) is 0 Å². The molecule has 1 heterocycles. The predicted molar refractivity (Wildman–Crippen MR) is 110 cm³/mol. The van der Waals surface area contributed by atoms with Gasteiger partial charge in [0.2, 0.25) is 5.91 Å². The molecule has 0 bridgehead atoms. The summed E-state index contributed by atoms with van der Waals surface area (Å²) in [5.74, 6) is -0.358. The molecule has 1 saturated heterocycles. The summed E-state index contributed by atoms with van der Waals surface area (Å²) in [4.78, 5) is 26.6. The highest BCUT2D eigenvalue weighted by molar-refractivity contribution is 9.10. The summed E-state index contributed by atoms with van der Waals surface area (Å²) >= 11 is 9.48. The second kappa shape index (κ2) is 9.15. The summed E-state index contributed by atoms with van der Waals surface area (Å²) in [6.45, 7) is 1.05. The van der Waals surface area contributed by atoms with Crippen molar-refractivity contribution in [3.8, 4) is 0 Å². The average Bonchev–Trinajstić information content (AvgIpc) is 2.69. The molecule has 1 aliphatic heterocycles. The van der Waals surface area contributed by atoms with Crippen molar-refractivity contribution >= 4 is 45.6 Å². The largest absolute Gasteiger partial charge is 0.339 e. The molecular weight excluding hydrogens is 430 g/mol. The van der Waals surface area contributed by atoms with Crippen molar-refractivity contribution in [2.45, 2.75) is 12.8 Å². The predicted octanol–water partition coefficient (Wildman–Crippen LogP) is 4.11. The van der Waals surface area contributed by atoms with Gasteiger partial charge < -0.3 is 4.90 Å². The van der Waals surface area contributed by atoms with Crippen LogP contribution < -0.4 is 5.43 Å². The Labute approximate surface area is 171 Å². The minimum atomic E-state index is -0.151. The van der Waals surface area contributed by atoms with E-state index in [4.69, 9.17) is 11.6 Å². The van der Waals surface area contributed by atoms with Crippen LogP contribution in [0.4, 0.5) is 0 Å². The zero-order valence-corrected chi connectivity index (χ0v) is 16.9. The second-order valence-corrected chi connectivity index (χ2v) is 7.66. The molecule has 0 unspecified atom stereocenters. The lowest BCUT2D eigenvalue weighted by atomic mass is 9.95. The Morgan fingerprint density at radius 1 is 1.11 bits per heavy atom. The highest BCUT2D eigenvalue weighted by atomic mass is 79.9. The molecule has 0 atom stereocenters. The van der Waals surface area contributed by atoms with Crippen LogP contribution in [0.3, 0.4) is 0 Å². The number of carbonyl (C=O) groups is 2. The first kappa shape index (κ1) is 19.6. The number of nitrogens with zero attached hydrogens (tertiary/aromatic N) is 2. The molecule has 27 heavy (non-hydrogen) atoms. The van der Waals surface area contributed by atoms with Gasteiger partial charge in [-0.3, -0.25) is 9.59 Å². The van der Waals surface area contributed by atoms with Crippen molar-refractivity contribution in [3.05, 3.63) is 69.2 Å². The van der Waals surface area contributed by atoms with E-state index in [0.717, 1.165) is 10.0 Å². The first-order chi connectivity index (χ1) is 13.0. The molecule has 7 heteroatoms. The molecule has 5 nitrogen and oxygen atoms in total. The molecule has 1 fully saturated rings. The lowest BCUT2D eigenvalue weighted by Gasteiger charge is -2.31. The van der Waals surface area contributed by atoms with E-state index in [1.165, 1.54) is 0 Å². The maximum absolute atomic E-state index is 12.6. The number of piperidine rings is 1. The Morgan fingerprint density at radius 2 is 1.78 bits per heavy atom. The number of hydrogen-bond donors (Lipinski definition) is 1. The number of rotatable bonds is 4. The Balaban J connectivity index is 1.50. The topological polar surface area (TPSA) is 61.8 Å². The lowest BCUT2D eigenvalue weighted by Crippen LogP contribution is -2.42. The summed E-state index contributed by atoms with van der Waals surface area (Å²) in [6, 6.07) is 14.6. The van der Waals surface area contributed by atoms with Crippen LogP contribution in [0.2, 0.25) is 5.02 Å². The van der Waals surface area contributed by atoms with E-state index in [0.29, 0.717) is 36.5 Å². The highest BCUT2D eigenvalue weighted by Crippen LogP contribution is 2.22. The Hall–Kier alpha value is -2.18. The molecule has 1 aliphatic rings. The normalized spacial score (nSPS) is 15.1. The minimum Gasteiger partial charge on any atom is -0.339 e. The Bertz CT molecular complexity index is 847. The van der Waals surface area contributed by atoms with Crippen LogP contribution in [0, 0.1) is 5.92 Å². The quantitative estimate of drug-likeness (QED) is 0.565. The van der Waals surface area contributed by atoms with Crippen LogP contribution in [0.5, 0.6) is 0 Å². The third-order valence-corrected chi connectivity index (χ3v) is 5.37. The van der Waals surface area contributed by atoms with E-state index >= 15 is 0 Å². The SMILES string of the molecule is O=C(N/N=C\c1ccc(Br)cc1)C1CCN(C(=O)c2ccccc2Cl)CC1. The molecule has 1 N–H and O–H groups in total. The maximum atomic E-state index is 12.6. The molecule has 3 rings (SSSR count). The van der Waals surface area contributed by atoms with Crippen LogP contribution in [0.1, 0.15) is 28.8 Å². The third-order valence-electron chi connectivity index (χ3n) is 4.52. The number of benzene rings is 2. The molecule has 0 radical (unpaired) electrons. The maximum Gasteiger partial charge on any atom is 0.255 e. The van der Waals surface area contributed by atoms with Gasteiger partial charge in [0.1, 0.15) is 0 Å². The van der Waals surface area contributed by atoms with Gasteiger partial charge in [0.05, 0.1) is 16.8 Å². The van der Waals surface area contributed by atoms with Gasteiger partial charge in [-0.15, -0.1) is 0 Å². The molecule has 2 aromatic carbocycles. The molecule has 140 valence electrons. The number of halogens is 2. The highest BCUT2D eigenvalue weighted by Gasteiger charge is 2.28. The van der Waals surface area contributed by atoms with E-state index in [1.54, 1.807) is 35.4 Å². The summed E-state index contributed by atoms with van der Waals surface area (Å²) in [7, 11) is 0.